The maximum absolute atomic E-state index is 12.5. The van der Waals surface area contributed by atoms with Crippen molar-refractivity contribution in [3.63, 3.8) is 0 Å². The molecular weight excluding hydrogens is 356 g/mol. The fourth-order valence-corrected chi connectivity index (χ4v) is 3.55. The molecule has 1 amide bonds. The Hall–Kier alpha value is -2.73. The van der Waals surface area contributed by atoms with Crippen molar-refractivity contribution >= 4 is 17.7 Å². The molecule has 1 heterocycles. The van der Waals surface area contributed by atoms with Gasteiger partial charge in [-0.25, -0.2) is 9.66 Å². The predicted molar refractivity (Wildman–Crippen MR) is 111 cm³/mol. The highest BCUT2D eigenvalue weighted by Crippen LogP contribution is 2.23. The molecular formula is C21H24N4OS. The van der Waals surface area contributed by atoms with Gasteiger partial charge in [-0.05, 0) is 17.5 Å². The van der Waals surface area contributed by atoms with Gasteiger partial charge in [0.05, 0.1) is 17.6 Å². The van der Waals surface area contributed by atoms with Crippen molar-refractivity contribution in [2.24, 2.45) is 0 Å². The molecule has 27 heavy (non-hydrogen) atoms. The first kappa shape index (κ1) is 19.0. The standard InChI is InChI=1S/C21H24N4OS/c1-3-16-9-11-17(12-10-16)13-24(2)20(26)15-27-21-23-19(14-25(21)22)18-7-5-4-6-8-18/h4-12,14H,3,13,15,22H2,1-2H3. The van der Waals surface area contributed by atoms with Crippen LogP contribution in [-0.2, 0) is 17.8 Å². The van der Waals surface area contributed by atoms with Gasteiger partial charge in [-0.15, -0.1) is 0 Å². The van der Waals surface area contributed by atoms with Gasteiger partial charge in [0.2, 0.25) is 5.91 Å². The Bertz CT molecular complexity index is 890. The largest absolute Gasteiger partial charge is 0.341 e. The fourth-order valence-electron chi connectivity index (χ4n) is 2.71. The fraction of sp³-hybridized carbons (Fsp3) is 0.238. The number of carbonyl (C=O) groups excluding carboxylic acids is 1. The van der Waals surface area contributed by atoms with Gasteiger partial charge in [-0.2, -0.15) is 0 Å². The molecule has 0 fully saturated rings. The molecule has 0 aliphatic rings. The third-order valence-corrected chi connectivity index (χ3v) is 5.32. The predicted octanol–water partition coefficient (Wildman–Crippen LogP) is 3.58. The van der Waals surface area contributed by atoms with Crippen molar-refractivity contribution in [1.29, 1.82) is 0 Å². The summed E-state index contributed by atoms with van der Waals surface area (Å²) in [4.78, 5) is 18.7. The minimum absolute atomic E-state index is 0.0452. The quantitative estimate of drug-likeness (QED) is 0.503. The first-order valence-corrected chi connectivity index (χ1v) is 9.90. The summed E-state index contributed by atoms with van der Waals surface area (Å²) in [5, 5.41) is 0.628. The van der Waals surface area contributed by atoms with Crippen LogP contribution in [0, 0.1) is 0 Å². The van der Waals surface area contributed by atoms with E-state index < -0.39 is 0 Å². The van der Waals surface area contributed by atoms with E-state index in [1.54, 1.807) is 11.1 Å². The van der Waals surface area contributed by atoms with Crippen molar-refractivity contribution < 1.29 is 4.79 Å². The summed E-state index contributed by atoms with van der Waals surface area (Å²) >= 11 is 1.35. The zero-order valence-corrected chi connectivity index (χ0v) is 16.4. The normalized spacial score (nSPS) is 10.7. The number of hydrogen-bond donors (Lipinski definition) is 1. The van der Waals surface area contributed by atoms with Gasteiger partial charge < -0.3 is 10.7 Å². The Morgan fingerprint density at radius 2 is 1.78 bits per heavy atom. The number of rotatable bonds is 7. The minimum Gasteiger partial charge on any atom is -0.341 e. The van der Waals surface area contributed by atoms with E-state index in [4.69, 9.17) is 5.84 Å². The molecule has 0 saturated carbocycles. The SMILES string of the molecule is CCc1ccc(CN(C)C(=O)CSc2nc(-c3ccccc3)cn2N)cc1. The second-order valence-corrected chi connectivity index (χ2v) is 7.33. The molecule has 0 atom stereocenters. The Morgan fingerprint density at radius 3 is 2.44 bits per heavy atom. The number of nitrogen functional groups attached to an aromatic ring is 1. The van der Waals surface area contributed by atoms with E-state index >= 15 is 0 Å². The highest BCUT2D eigenvalue weighted by molar-refractivity contribution is 7.99. The van der Waals surface area contributed by atoms with Crippen LogP contribution in [-0.4, -0.2) is 33.3 Å². The lowest BCUT2D eigenvalue weighted by atomic mass is 10.1. The van der Waals surface area contributed by atoms with Crippen LogP contribution in [0.2, 0.25) is 0 Å². The van der Waals surface area contributed by atoms with Gasteiger partial charge in [0.25, 0.3) is 0 Å². The molecule has 0 spiro atoms. The Kier molecular flexibility index (Phi) is 6.19. The number of aromatic nitrogens is 2. The molecule has 0 aliphatic heterocycles. The number of benzene rings is 2. The number of thioether (sulfide) groups is 1. The molecule has 0 saturated heterocycles. The van der Waals surface area contributed by atoms with E-state index in [-0.39, 0.29) is 5.91 Å². The van der Waals surface area contributed by atoms with Gasteiger partial charge in [-0.3, -0.25) is 4.79 Å². The summed E-state index contributed by atoms with van der Waals surface area (Å²) in [7, 11) is 1.82. The van der Waals surface area contributed by atoms with Crippen LogP contribution in [0.25, 0.3) is 11.3 Å². The highest BCUT2D eigenvalue weighted by atomic mass is 32.2. The number of imidazole rings is 1. The molecule has 140 valence electrons. The Balaban J connectivity index is 1.57. The minimum atomic E-state index is 0.0452. The lowest BCUT2D eigenvalue weighted by Gasteiger charge is -2.17. The maximum Gasteiger partial charge on any atom is 0.233 e. The van der Waals surface area contributed by atoms with E-state index in [0.29, 0.717) is 17.5 Å². The maximum atomic E-state index is 12.5. The van der Waals surface area contributed by atoms with Crippen LogP contribution >= 0.6 is 11.8 Å². The van der Waals surface area contributed by atoms with Crippen LogP contribution in [0.4, 0.5) is 0 Å². The summed E-state index contributed by atoms with van der Waals surface area (Å²) in [5.74, 6) is 6.34. The Morgan fingerprint density at radius 1 is 1.11 bits per heavy atom. The summed E-state index contributed by atoms with van der Waals surface area (Å²) in [6, 6.07) is 18.2. The van der Waals surface area contributed by atoms with Crippen molar-refractivity contribution in [3.8, 4) is 11.3 Å². The molecule has 2 aromatic carbocycles. The van der Waals surface area contributed by atoms with E-state index in [1.807, 2.05) is 37.4 Å². The average molecular weight is 381 g/mol. The number of amides is 1. The van der Waals surface area contributed by atoms with Crippen LogP contribution in [0.5, 0.6) is 0 Å². The topological polar surface area (TPSA) is 64.2 Å². The second-order valence-electron chi connectivity index (χ2n) is 6.39. The summed E-state index contributed by atoms with van der Waals surface area (Å²) in [5.41, 5.74) is 4.23. The van der Waals surface area contributed by atoms with Crippen molar-refractivity contribution in [2.75, 3.05) is 18.6 Å². The summed E-state index contributed by atoms with van der Waals surface area (Å²) in [6.07, 6.45) is 2.80. The molecule has 3 rings (SSSR count). The lowest BCUT2D eigenvalue weighted by Crippen LogP contribution is -2.28. The van der Waals surface area contributed by atoms with Gasteiger partial charge >= 0.3 is 0 Å². The van der Waals surface area contributed by atoms with Crippen LogP contribution in [0.1, 0.15) is 18.1 Å². The molecule has 0 aliphatic carbocycles. The van der Waals surface area contributed by atoms with E-state index in [0.717, 1.165) is 23.2 Å². The van der Waals surface area contributed by atoms with E-state index in [9.17, 15) is 4.79 Å². The third kappa shape index (κ3) is 4.92. The zero-order valence-electron chi connectivity index (χ0n) is 15.6. The first-order valence-electron chi connectivity index (χ1n) is 8.91. The van der Waals surface area contributed by atoms with Crippen LogP contribution in [0.15, 0.2) is 66.0 Å². The van der Waals surface area contributed by atoms with Crippen LogP contribution in [0.3, 0.4) is 0 Å². The van der Waals surface area contributed by atoms with E-state index in [1.165, 1.54) is 22.0 Å². The van der Waals surface area contributed by atoms with Gasteiger partial charge in [0.1, 0.15) is 0 Å². The second kappa shape index (κ2) is 8.77. The smallest absolute Gasteiger partial charge is 0.233 e. The van der Waals surface area contributed by atoms with Crippen molar-refractivity contribution in [1.82, 2.24) is 14.6 Å². The highest BCUT2D eigenvalue weighted by Gasteiger charge is 2.14. The van der Waals surface area contributed by atoms with E-state index in [2.05, 4.69) is 36.2 Å². The number of nitrogens with two attached hydrogens (primary N) is 1. The molecule has 3 aromatic rings. The van der Waals surface area contributed by atoms with Gasteiger partial charge in [0.15, 0.2) is 5.16 Å². The molecule has 2 N–H and O–H groups in total. The lowest BCUT2D eigenvalue weighted by molar-refractivity contribution is -0.127. The Labute approximate surface area is 164 Å². The van der Waals surface area contributed by atoms with Crippen molar-refractivity contribution in [2.45, 2.75) is 25.0 Å². The third-order valence-electron chi connectivity index (χ3n) is 4.37. The van der Waals surface area contributed by atoms with Gasteiger partial charge in [-0.1, -0.05) is 73.3 Å². The average Bonchev–Trinajstić information content (AvgIpc) is 3.08. The molecule has 0 bridgehead atoms. The molecule has 1 aromatic heterocycles. The first-order chi connectivity index (χ1) is 13.1. The number of aryl methyl sites for hydroxylation is 1. The monoisotopic (exact) mass is 380 g/mol. The zero-order chi connectivity index (χ0) is 19.2. The van der Waals surface area contributed by atoms with Crippen molar-refractivity contribution in [3.05, 3.63) is 71.9 Å². The number of carbonyl (C=O) groups is 1. The van der Waals surface area contributed by atoms with Gasteiger partial charge in [0, 0.05) is 19.2 Å². The summed E-state index contributed by atoms with van der Waals surface area (Å²) < 4.78 is 1.48. The molecule has 0 unspecified atom stereocenters. The number of nitrogens with zero attached hydrogens (tertiary/aromatic N) is 3. The molecule has 5 nitrogen and oxygen atoms in total. The molecule has 0 radical (unpaired) electrons. The number of hydrogen-bond acceptors (Lipinski definition) is 4. The summed E-state index contributed by atoms with van der Waals surface area (Å²) in [6.45, 7) is 2.72. The van der Waals surface area contributed by atoms with Crippen LogP contribution < -0.4 is 5.84 Å². The molecule has 6 heteroatoms.